The molecule has 0 saturated carbocycles. The van der Waals surface area contributed by atoms with Crippen LogP contribution in [0.4, 0.5) is 5.69 Å². The summed E-state index contributed by atoms with van der Waals surface area (Å²) in [6, 6.07) is 7.23. The van der Waals surface area contributed by atoms with Crippen LogP contribution in [0.15, 0.2) is 24.3 Å². The minimum absolute atomic E-state index is 0.254. The maximum Gasteiger partial charge on any atom is 0.228 e. The number of morpholine rings is 1. The average molecular weight is 247 g/mol. The van der Waals surface area contributed by atoms with E-state index in [-0.39, 0.29) is 12.2 Å². The van der Waals surface area contributed by atoms with Gasteiger partial charge in [-0.1, -0.05) is 6.92 Å². The molecule has 1 aliphatic heterocycles. The Morgan fingerprint density at radius 2 is 1.78 bits per heavy atom. The van der Waals surface area contributed by atoms with Gasteiger partial charge < -0.3 is 9.64 Å². The first-order chi connectivity index (χ1) is 8.72. The first-order valence-corrected chi connectivity index (χ1v) is 6.22. The molecule has 0 spiro atoms. The third-order valence-electron chi connectivity index (χ3n) is 3.08. The standard InChI is InChI=1S/C14H17NO3/c1-2-13(16)14(17)11-3-5-12(6-4-11)15-7-9-18-10-8-15/h3-6H,2,7-10H2,1H3. The van der Waals surface area contributed by atoms with Gasteiger partial charge in [0.05, 0.1) is 13.2 Å². The van der Waals surface area contributed by atoms with Crippen LogP contribution in [-0.4, -0.2) is 37.9 Å². The van der Waals surface area contributed by atoms with E-state index in [4.69, 9.17) is 4.74 Å². The Labute approximate surface area is 107 Å². The molecule has 1 fully saturated rings. The van der Waals surface area contributed by atoms with Crippen molar-refractivity contribution in [2.75, 3.05) is 31.2 Å². The van der Waals surface area contributed by atoms with E-state index in [0.717, 1.165) is 32.0 Å². The highest BCUT2D eigenvalue weighted by Gasteiger charge is 2.15. The van der Waals surface area contributed by atoms with Crippen LogP contribution in [0.3, 0.4) is 0 Å². The van der Waals surface area contributed by atoms with Gasteiger partial charge in [0.2, 0.25) is 11.6 Å². The van der Waals surface area contributed by atoms with Crippen LogP contribution in [0.5, 0.6) is 0 Å². The number of carbonyl (C=O) groups is 2. The van der Waals surface area contributed by atoms with Crippen LogP contribution in [0.1, 0.15) is 23.7 Å². The second-order valence-corrected chi connectivity index (χ2v) is 4.25. The van der Waals surface area contributed by atoms with Crippen molar-refractivity contribution in [2.45, 2.75) is 13.3 Å². The highest BCUT2D eigenvalue weighted by molar-refractivity contribution is 6.43. The van der Waals surface area contributed by atoms with Crippen LogP contribution >= 0.6 is 0 Å². The Kier molecular flexibility index (Phi) is 4.10. The zero-order valence-electron chi connectivity index (χ0n) is 10.5. The van der Waals surface area contributed by atoms with Gasteiger partial charge in [0, 0.05) is 30.8 Å². The van der Waals surface area contributed by atoms with E-state index in [1.807, 2.05) is 12.1 Å². The molecule has 2 rings (SSSR count). The molecule has 18 heavy (non-hydrogen) atoms. The van der Waals surface area contributed by atoms with Crippen LogP contribution in [-0.2, 0) is 9.53 Å². The minimum Gasteiger partial charge on any atom is -0.378 e. The smallest absolute Gasteiger partial charge is 0.228 e. The second kappa shape index (κ2) is 5.78. The lowest BCUT2D eigenvalue weighted by atomic mass is 10.1. The van der Waals surface area contributed by atoms with E-state index >= 15 is 0 Å². The molecule has 0 N–H and O–H groups in total. The van der Waals surface area contributed by atoms with Crippen LogP contribution in [0.25, 0.3) is 0 Å². The zero-order valence-corrected chi connectivity index (χ0v) is 10.5. The summed E-state index contributed by atoms with van der Waals surface area (Å²) in [7, 11) is 0. The molecular weight excluding hydrogens is 230 g/mol. The lowest BCUT2D eigenvalue weighted by Gasteiger charge is -2.28. The third-order valence-corrected chi connectivity index (χ3v) is 3.08. The molecule has 4 nitrogen and oxygen atoms in total. The monoisotopic (exact) mass is 247 g/mol. The van der Waals surface area contributed by atoms with Crippen LogP contribution < -0.4 is 4.90 Å². The van der Waals surface area contributed by atoms with Crippen molar-refractivity contribution in [2.24, 2.45) is 0 Å². The Balaban J connectivity index is 2.09. The van der Waals surface area contributed by atoms with E-state index in [9.17, 15) is 9.59 Å². The van der Waals surface area contributed by atoms with Crippen molar-refractivity contribution < 1.29 is 14.3 Å². The predicted octanol–water partition coefficient (Wildman–Crippen LogP) is 1.69. The molecule has 0 bridgehead atoms. The molecule has 0 radical (unpaired) electrons. The Morgan fingerprint density at radius 3 is 2.33 bits per heavy atom. The number of ether oxygens (including phenoxy) is 1. The minimum atomic E-state index is -0.397. The van der Waals surface area contributed by atoms with Crippen molar-refractivity contribution in [1.29, 1.82) is 0 Å². The number of benzene rings is 1. The van der Waals surface area contributed by atoms with E-state index in [0.29, 0.717) is 5.56 Å². The molecule has 1 aliphatic rings. The quantitative estimate of drug-likeness (QED) is 0.600. The lowest BCUT2D eigenvalue weighted by Crippen LogP contribution is -2.36. The van der Waals surface area contributed by atoms with Crippen LogP contribution in [0, 0.1) is 0 Å². The Hall–Kier alpha value is -1.68. The van der Waals surface area contributed by atoms with Gasteiger partial charge in [0.25, 0.3) is 0 Å². The fourth-order valence-corrected chi connectivity index (χ4v) is 1.97. The molecule has 0 aliphatic carbocycles. The van der Waals surface area contributed by atoms with Gasteiger partial charge in [-0.2, -0.15) is 0 Å². The van der Waals surface area contributed by atoms with Crippen molar-refractivity contribution >= 4 is 17.3 Å². The van der Waals surface area contributed by atoms with Crippen molar-refractivity contribution in [3.63, 3.8) is 0 Å². The van der Waals surface area contributed by atoms with E-state index in [1.165, 1.54) is 0 Å². The summed E-state index contributed by atoms with van der Waals surface area (Å²) in [5.74, 6) is -0.736. The lowest BCUT2D eigenvalue weighted by molar-refractivity contribution is -0.114. The zero-order chi connectivity index (χ0) is 13.0. The highest BCUT2D eigenvalue weighted by Crippen LogP contribution is 2.17. The van der Waals surface area contributed by atoms with E-state index < -0.39 is 5.78 Å². The fraction of sp³-hybridized carbons (Fsp3) is 0.429. The van der Waals surface area contributed by atoms with Gasteiger partial charge in [-0.15, -0.1) is 0 Å². The summed E-state index contributed by atoms with van der Waals surface area (Å²) >= 11 is 0. The summed E-state index contributed by atoms with van der Waals surface area (Å²) < 4.78 is 5.29. The van der Waals surface area contributed by atoms with Gasteiger partial charge in [-0.3, -0.25) is 9.59 Å². The average Bonchev–Trinajstić information content (AvgIpc) is 2.47. The Morgan fingerprint density at radius 1 is 1.17 bits per heavy atom. The topological polar surface area (TPSA) is 46.6 Å². The molecule has 1 saturated heterocycles. The van der Waals surface area contributed by atoms with E-state index in [1.54, 1.807) is 19.1 Å². The number of carbonyl (C=O) groups excluding carboxylic acids is 2. The third kappa shape index (κ3) is 2.76. The number of hydrogen-bond acceptors (Lipinski definition) is 4. The molecule has 96 valence electrons. The largest absolute Gasteiger partial charge is 0.378 e. The molecule has 0 unspecified atom stereocenters. The van der Waals surface area contributed by atoms with Crippen molar-refractivity contribution in [1.82, 2.24) is 0 Å². The molecule has 0 aromatic heterocycles. The van der Waals surface area contributed by atoms with Crippen LogP contribution in [0.2, 0.25) is 0 Å². The molecule has 0 amide bonds. The normalized spacial score (nSPS) is 15.5. The molecule has 4 heteroatoms. The number of nitrogens with zero attached hydrogens (tertiary/aromatic N) is 1. The molecule has 0 atom stereocenters. The number of anilines is 1. The number of hydrogen-bond donors (Lipinski definition) is 0. The van der Waals surface area contributed by atoms with Gasteiger partial charge in [0.1, 0.15) is 0 Å². The summed E-state index contributed by atoms with van der Waals surface area (Å²) in [6.45, 7) is 4.88. The van der Waals surface area contributed by atoms with Gasteiger partial charge in [-0.05, 0) is 24.3 Å². The van der Waals surface area contributed by atoms with Crippen molar-refractivity contribution in [3.8, 4) is 0 Å². The predicted molar refractivity (Wildman–Crippen MR) is 69.1 cm³/mol. The number of ketones is 2. The van der Waals surface area contributed by atoms with Crippen molar-refractivity contribution in [3.05, 3.63) is 29.8 Å². The maximum absolute atomic E-state index is 11.7. The summed E-state index contributed by atoms with van der Waals surface area (Å²) in [5.41, 5.74) is 1.54. The number of Topliss-reactive ketones (excluding diaryl/α,β-unsaturated/α-hetero) is 2. The molecule has 1 heterocycles. The van der Waals surface area contributed by atoms with Gasteiger partial charge in [-0.25, -0.2) is 0 Å². The molecular formula is C14H17NO3. The molecule has 1 aromatic carbocycles. The first-order valence-electron chi connectivity index (χ1n) is 6.22. The number of rotatable bonds is 4. The van der Waals surface area contributed by atoms with Gasteiger partial charge >= 0.3 is 0 Å². The Bertz CT molecular complexity index is 433. The highest BCUT2D eigenvalue weighted by atomic mass is 16.5. The van der Waals surface area contributed by atoms with Gasteiger partial charge in [0.15, 0.2) is 0 Å². The van der Waals surface area contributed by atoms with E-state index in [2.05, 4.69) is 4.90 Å². The SMILES string of the molecule is CCC(=O)C(=O)c1ccc(N2CCOCC2)cc1. The summed E-state index contributed by atoms with van der Waals surface area (Å²) in [6.07, 6.45) is 0.254. The summed E-state index contributed by atoms with van der Waals surface area (Å²) in [4.78, 5) is 25.2. The first kappa shape index (κ1) is 12.8. The second-order valence-electron chi connectivity index (χ2n) is 4.25. The summed E-state index contributed by atoms with van der Waals surface area (Å²) in [5, 5.41) is 0. The maximum atomic E-state index is 11.7. The molecule has 1 aromatic rings. The fourth-order valence-electron chi connectivity index (χ4n) is 1.97.